The van der Waals surface area contributed by atoms with E-state index in [9.17, 15) is 8.42 Å². The Morgan fingerprint density at radius 1 is 1.12 bits per heavy atom. The summed E-state index contributed by atoms with van der Waals surface area (Å²) in [6.45, 7) is 1.56. The van der Waals surface area contributed by atoms with E-state index in [-0.39, 0.29) is 10.9 Å². The minimum atomic E-state index is -3.55. The van der Waals surface area contributed by atoms with Crippen LogP contribution in [0.5, 0.6) is 11.5 Å². The Labute approximate surface area is 145 Å². The highest BCUT2D eigenvalue weighted by Gasteiger charge is 2.38. The van der Waals surface area contributed by atoms with Crippen molar-refractivity contribution in [1.29, 1.82) is 0 Å². The SMILES string of the molecule is O=S(=O)(c1ccc2c(c1)OCCCO2)N(Cc1cccs1)C1CC1. The van der Waals surface area contributed by atoms with Gasteiger partial charge in [0, 0.05) is 30.0 Å². The maximum atomic E-state index is 13.1. The largest absolute Gasteiger partial charge is 0.490 e. The third-order valence-electron chi connectivity index (χ3n) is 4.17. The zero-order valence-electron chi connectivity index (χ0n) is 13.2. The van der Waals surface area contributed by atoms with E-state index < -0.39 is 10.0 Å². The van der Waals surface area contributed by atoms with Crippen LogP contribution in [0, 0.1) is 0 Å². The number of benzene rings is 1. The molecule has 128 valence electrons. The maximum Gasteiger partial charge on any atom is 0.243 e. The van der Waals surface area contributed by atoms with Gasteiger partial charge < -0.3 is 9.47 Å². The van der Waals surface area contributed by atoms with Crippen molar-refractivity contribution >= 4 is 21.4 Å². The van der Waals surface area contributed by atoms with Crippen molar-refractivity contribution in [2.45, 2.75) is 36.7 Å². The molecule has 1 aliphatic heterocycles. The van der Waals surface area contributed by atoms with E-state index in [0.29, 0.717) is 31.3 Å². The van der Waals surface area contributed by atoms with Crippen LogP contribution in [0.3, 0.4) is 0 Å². The van der Waals surface area contributed by atoms with Crippen LogP contribution >= 0.6 is 11.3 Å². The van der Waals surface area contributed by atoms with E-state index in [1.54, 1.807) is 33.8 Å². The fourth-order valence-corrected chi connectivity index (χ4v) is 5.23. The summed E-state index contributed by atoms with van der Waals surface area (Å²) in [6, 6.07) is 8.94. The second-order valence-electron chi connectivity index (χ2n) is 6.02. The standard InChI is InChI=1S/C17H19NO4S2/c19-24(20,18(13-4-5-13)12-14-3-1-10-23-14)15-6-7-16-17(11-15)22-9-2-8-21-16/h1,3,6-7,10-11,13H,2,4-5,8-9,12H2. The highest BCUT2D eigenvalue weighted by Crippen LogP contribution is 2.37. The summed E-state index contributed by atoms with van der Waals surface area (Å²) >= 11 is 1.58. The summed E-state index contributed by atoms with van der Waals surface area (Å²) in [7, 11) is -3.55. The second-order valence-corrected chi connectivity index (χ2v) is 8.94. The Balaban J connectivity index is 1.66. The molecule has 0 spiro atoms. The zero-order chi connectivity index (χ0) is 16.6. The first-order valence-corrected chi connectivity index (χ1v) is 10.4. The fraction of sp³-hybridized carbons (Fsp3) is 0.412. The number of sulfonamides is 1. The van der Waals surface area contributed by atoms with Crippen molar-refractivity contribution in [2.24, 2.45) is 0 Å². The molecule has 0 radical (unpaired) electrons. The minimum absolute atomic E-state index is 0.105. The molecule has 2 aromatic rings. The first-order valence-electron chi connectivity index (χ1n) is 8.08. The molecule has 1 aromatic carbocycles. The molecule has 0 saturated heterocycles. The summed E-state index contributed by atoms with van der Waals surface area (Å²) in [5.74, 6) is 1.13. The van der Waals surface area contributed by atoms with E-state index in [1.165, 1.54) is 0 Å². The molecule has 0 N–H and O–H groups in total. The molecule has 1 fully saturated rings. The Morgan fingerprint density at radius 3 is 2.62 bits per heavy atom. The van der Waals surface area contributed by atoms with Gasteiger partial charge in [0.15, 0.2) is 11.5 Å². The lowest BCUT2D eigenvalue weighted by Crippen LogP contribution is -2.32. The van der Waals surface area contributed by atoms with Gasteiger partial charge in [-0.1, -0.05) is 6.07 Å². The van der Waals surface area contributed by atoms with Crippen LogP contribution in [0.2, 0.25) is 0 Å². The monoisotopic (exact) mass is 365 g/mol. The van der Waals surface area contributed by atoms with Crippen LogP contribution in [0.1, 0.15) is 24.1 Å². The highest BCUT2D eigenvalue weighted by atomic mass is 32.2. The van der Waals surface area contributed by atoms with Crippen molar-refractivity contribution < 1.29 is 17.9 Å². The Hall–Kier alpha value is -1.57. The van der Waals surface area contributed by atoms with Crippen molar-refractivity contribution in [3.63, 3.8) is 0 Å². The molecule has 4 rings (SSSR count). The highest BCUT2D eigenvalue weighted by molar-refractivity contribution is 7.89. The average molecular weight is 365 g/mol. The molecule has 7 heteroatoms. The molecule has 2 heterocycles. The number of rotatable bonds is 5. The molecule has 0 amide bonds. The van der Waals surface area contributed by atoms with Crippen LogP contribution in [0.15, 0.2) is 40.6 Å². The summed E-state index contributed by atoms with van der Waals surface area (Å²) in [5.41, 5.74) is 0. The zero-order valence-corrected chi connectivity index (χ0v) is 14.8. The number of fused-ring (bicyclic) bond motifs is 1. The molecule has 5 nitrogen and oxygen atoms in total. The van der Waals surface area contributed by atoms with Gasteiger partial charge >= 0.3 is 0 Å². The molecule has 0 bridgehead atoms. The van der Waals surface area contributed by atoms with Crippen molar-refractivity contribution in [1.82, 2.24) is 4.31 Å². The van der Waals surface area contributed by atoms with Gasteiger partial charge in [0.05, 0.1) is 18.1 Å². The predicted octanol–water partition coefficient (Wildman–Crippen LogP) is 3.26. The number of hydrogen-bond donors (Lipinski definition) is 0. The smallest absolute Gasteiger partial charge is 0.243 e. The topological polar surface area (TPSA) is 55.8 Å². The fourth-order valence-electron chi connectivity index (χ4n) is 2.77. The number of ether oxygens (including phenoxy) is 2. The van der Waals surface area contributed by atoms with Crippen LogP contribution in [0.4, 0.5) is 0 Å². The predicted molar refractivity (Wildman–Crippen MR) is 92.1 cm³/mol. The average Bonchev–Trinajstić information content (AvgIpc) is 3.33. The molecular weight excluding hydrogens is 346 g/mol. The van der Waals surface area contributed by atoms with Gasteiger partial charge in [-0.2, -0.15) is 4.31 Å². The van der Waals surface area contributed by atoms with Crippen LogP contribution in [-0.2, 0) is 16.6 Å². The van der Waals surface area contributed by atoms with E-state index in [2.05, 4.69) is 0 Å². The van der Waals surface area contributed by atoms with Gasteiger partial charge in [-0.25, -0.2) is 8.42 Å². The lowest BCUT2D eigenvalue weighted by atomic mass is 10.3. The summed E-state index contributed by atoms with van der Waals surface area (Å²) in [5, 5.41) is 1.97. The quantitative estimate of drug-likeness (QED) is 0.816. The maximum absolute atomic E-state index is 13.1. The first kappa shape index (κ1) is 15.9. The van der Waals surface area contributed by atoms with Gasteiger partial charge in [0.2, 0.25) is 10.0 Å². The molecule has 0 unspecified atom stereocenters. The van der Waals surface area contributed by atoms with E-state index >= 15 is 0 Å². The molecule has 1 aliphatic carbocycles. The van der Waals surface area contributed by atoms with Gasteiger partial charge in [0.1, 0.15) is 0 Å². The lowest BCUT2D eigenvalue weighted by molar-refractivity contribution is 0.296. The summed E-state index contributed by atoms with van der Waals surface area (Å²) in [6.07, 6.45) is 2.65. The Kier molecular flexibility index (Phi) is 4.24. The molecule has 0 atom stereocenters. The first-order chi connectivity index (χ1) is 11.6. The number of hydrogen-bond acceptors (Lipinski definition) is 5. The van der Waals surface area contributed by atoms with Crippen molar-refractivity contribution in [3.8, 4) is 11.5 Å². The minimum Gasteiger partial charge on any atom is -0.490 e. The van der Waals surface area contributed by atoms with Gasteiger partial charge in [-0.05, 0) is 36.4 Å². The molecular formula is C17H19NO4S2. The van der Waals surface area contributed by atoms with E-state index in [1.807, 2.05) is 17.5 Å². The Bertz CT molecular complexity index is 813. The second kappa shape index (κ2) is 6.38. The molecule has 1 aromatic heterocycles. The van der Waals surface area contributed by atoms with Crippen LogP contribution < -0.4 is 9.47 Å². The lowest BCUT2D eigenvalue weighted by Gasteiger charge is -2.22. The molecule has 1 saturated carbocycles. The third-order valence-corrected chi connectivity index (χ3v) is 6.93. The molecule has 2 aliphatic rings. The van der Waals surface area contributed by atoms with Gasteiger partial charge in [-0.15, -0.1) is 11.3 Å². The third kappa shape index (κ3) is 3.16. The number of nitrogens with zero attached hydrogens (tertiary/aromatic N) is 1. The van der Waals surface area contributed by atoms with E-state index in [0.717, 1.165) is 24.1 Å². The summed E-state index contributed by atoms with van der Waals surface area (Å²) in [4.78, 5) is 1.33. The normalized spacial score (nSPS) is 17.7. The molecule has 24 heavy (non-hydrogen) atoms. The summed E-state index contributed by atoms with van der Waals surface area (Å²) < 4.78 is 39.1. The number of thiophene rings is 1. The van der Waals surface area contributed by atoms with Gasteiger partial charge in [0.25, 0.3) is 0 Å². The van der Waals surface area contributed by atoms with Gasteiger partial charge in [-0.3, -0.25) is 0 Å². The van der Waals surface area contributed by atoms with Crippen molar-refractivity contribution in [3.05, 3.63) is 40.6 Å². The van der Waals surface area contributed by atoms with Crippen LogP contribution in [-0.4, -0.2) is 32.0 Å². The Morgan fingerprint density at radius 2 is 1.92 bits per heavy atom. The van der Waals surface area contributed by atoms with E-state index in [4.69, 9.17) is 9.47 Å². The van der Waals surface area contributed by atoms with Crippen molar-refractivity contribution in [2.75, 3.05) is 13.2 Å². The van der Waals surface area contributed by atoms with Crippen LogP contribution in [0.25, 0.3) is 0 Å².